The zero-order valence-electron chi connectivity index (χ0n) is 9.73. The second-order valence-corrected chi connectivity index (χ2v) is 5.58. The molecule has 0 spiro atoms. The minimum Gasteiger partial charge on any atom is -0.390 e. The van der Waals surface area contributed by atoms with Crippen LogP contribution in [-0.2, 0) is 19.4 Å². The second kappa shape index (κ2) is 5.86. The van der Waals surface area contributed by atoms with Crippen molar-refractivity contribution in [2.24, 2.45) is 7.05 Å². The lowest BCUT2D eigenvalue weighted by atomic mass is 10.2. The average Bonchev–Trinajstić information content (AvgIpc) is 2.72. The molecule has 0 bridgehead atoms. The molecule has 1 aromatic carbocycles. The lowest BCUT2D eigenvalue weighted by Crippen LogP contribution is -1.97. The SMILES string of the molecule is Cn1c(CO)cnc1SCc1ccc(Br)c(F)c1. The Morgan fingerprint density at radius 2 is 2.28 bits per heavy atom. The van der Waals surface area contributed by atoms with Crippen molar-refractivity contribution in [2.75, 3.05) is 0 Å². The van der Waals surface area contributed by atoms with Crippen LogP contribution in [0.3, 0.4) is 0 Å². The Labute approximate surface area is 117 Å². The smallest absolute Gasteiger partial charge is 0.168 e. The van der Waals surface area contributed by atoms with Crippen molar-refractivity contribution < 1.29 is 9.50 Å². The van der Waals surface area contributed by atoms with E-state index in [0.717, 1.165) is 16.4 Å². The molecular formula is C12H12BrFN2OS. The second-order valence-electron chi connectivity index (χ2n) is 3.79. The van der Waals surface area contributed by atoms with Gasteiger partial charge < -0.3 is 9.67 Å². The highest BCUT2D eigenvalue weighted by Crippen LogP contribution is 2.24. The van der Waals surface area contributed by atoms with Gasteiger partial charge in [-0.05, 0) is 33.6 Å². The maximum absolute atomic E-state index is 13.3. The van der Waals surface area contributed by atoms with Gasteiger partial charge in [0.2, 0.25) is 0 Å². The van der Waals surface area contributed by atoms with Gasteiger partial charge in [-0.15, -0.1) is 0 Å². The van der Waals surface area contributed by atoms with Crippen LogP contribution in [0.5, 0.6) is 0 Å². The molecule has 1 N–H and O–H groups in total. The van der Waals surface area contributed by atoms with Gasteiger partial charge in [0.05, 0.1) is 23.0 Å². The maximum Gasteiger partial charge on any atom is 0.168 e. The third-order valence-electron chi connectivity index (χ3n) is 2.56. The van der Waals surface area contributed by atoms with Gasteiger partial charge in [0, 0.05) is 12.8 Å². The number of halogens is 2. The highest BCUT2D eigenvalue weighted by Gasteiger charge is 2.07. The summed E-state index contributed by atoms with van der Waals surface area (Å²) in [7, 11) is 1.85. The number of hydrogen-bond acceptors (Lipinski definition) is 3. The van der Waals surface area contributed by atoms with Gasteiger partial charge in [0.1, 0.15) is 5.82 Å². The van der Waals surface area contributed by atoms with Crippen molar-refractivity contribution in [3.8, 4) is 0 Å². The zero-order valence-corrected chi connectivity index (χ0v) is 12.1. The molecule has 6 heteroatoms. The molecule has 0 aliphatic carbocycles. The van der Waals surface area contributed by atoms with Crippen LogP contribution in [0.2, 0.25) is 0 Å². The molecule has 2 rings (SSSR count). The maximum atomic E-state index is 13.3. The van der Waals surface area contributed by atoms with Crippen molar-refractivity contribution in [3.05, 3.63) is 45.9 Å². The monoisotopic (exact) mass is 330 g/mol. The Hall–Kier alpha value is -0.850. The molecule has 1 aromatic heterocycles. The van der Waals surface area contributed by atoms with Crippen molar-refractivity contribution in [1.29, 1.82) is 0 Å². The third-order valence-corrected chi connectivity index (χ3v) is 4.31. The van der Waals surface area contributed by atoms with E-state index in [0.29, 0.717) is 10.2 Å². The summed E-state index contributed by atoms with van der Waals surface area (Å²) in [5.41, 5.74) is 1.66. The summed E-state index contributed by atoms with van der Waals surface area (Å²) in [5, 5.41) is 9.87. The molecule has 0 fully saturated rings. The third kappa shape index (κ3) is 2.93. The fourth-order valence-electron chi connectivity index (χ4n) is 1.48. The summed E-state index contributed by atoms with van der Waals surface area (Å²) < 4.78 is 15.6. The molecule has 0 saturated carbocycles. The van der Waals surface area contributed by atoms with Gasteiger partial charge in [-0.25, -0.2) is 9.37 Å². The van der Waals surface area contributed by atoms with Crippen LogP contribution in [0.4, 0.5) is 4.39 Å². The van der Waals surface area contributed by atoms with Crippen molar-refractivity contribution in [3.63, 3.8) is 0 Å². The Morgan fingerprint density at radius 3 is 2.89 bits per heavy atom. The lowest BCUT2D eigenvalue weighted by Gasteiger charge is -2.04. The molecule has 0 radical (unpaired) electrons. The molecular weight excluding hydrogens is 319 g/mol. The number of hydrogen-bond donors (Lipinski definition) is 1. The van der Waals surface area contributed by atoms with E-state index in [-0.39, 0.29) is 12.4 Å². The Morgan fingerprint density at radius 1 is 1.50 bits per heavy atom. The molecule has 0 unspecified atom stereocenters. The summed E-state index contributed by atoms with van der Waals surface area (Å²) in [6.45, 7) is -0.0308. The summed E-state index contributed by atoms with van der Waals surface area (Å²) >= 11 is 4.63. The standard InChI is InChI=1S/C12H12BrFN2OS/c1-16-9(6-17)5-15-12(16)18-7-8-2-3-10(13)11(14)4-8/h2-5,17H,6-7H2,1H3. The van der Waals surface area contributed by atoms with Gasteiger partial charge >= 0.3 is 0 Å². The normalized spacial score (nSPS) is 10.9. The van der Waals surface area contributed by atoms with Crippen LogP contribution in [0.25, 0.3) is 0 Å². The minimum atomic E-state index is -0.260. The summed E-state index contributed by atoms with van der Waals surface area (Å²) in [4.78, 5) is 4.20. The van der Waals surface area contributed by atoms with Gasteiger partial charge in [0.25, 0.3) is 0 Å². The topological polar surface area (TPSA) is 38.0 Å². The van der Waals surface area contributed by atoms with E-state index in [4.69, 9.17) is 5.11 Å². The number of imidazole rings is 1. The number of rotatable bonds is 4. The van der Waals surface area contributed by atoms with Crippen LogP contribution < -0.4 is 0 Å². The number of aliphatic hydroxyl groups excluding tert-OH is 1. The molecule has 2 aromatic rings. The molecule has 1 heterocycles. The van der Waals surface area contributed by atoms with Crippen LogP contribution in [0, 0.1) is 5.82 Å². The fourth-order valence-corrected chi connectivity index (χ4v) is 2.64. The Balaban J connectivity index is 2.06. The molecule has 18 heavy (non-hydrogen) atoms. The van der Waals surface area contributed by atoms with Crippen molar-refractivity contribution in [2.45, 2.75) is 17.5 Å². The van der Waals surface area contributed by atoms with E-state index in [1.165, 1.54) is 17.8 Å². The Kier molecular flexibility index (Phi) is 4.42. The number of nitrogens with zero attached hydrogens (tertiary/aromatic N) is 2. The van der Waals surface area contributed by atoms with Gasteiger partial charge in [-0.2, -0.15) is 0 Å². The quantitative estimate of drug-likeness (QED) is 0.875. The van der Waals surface area contributed by atoms with Gasteiger partial charge in [0.15, 0.2) is 5.16 Å². The molecule has 0 atom stereocenters. The molecule has 0 aliphatic rings. The highest BCUT2D eigenvalue weighted by molar-refractivity contribution is 9.10. The van der Waals surface area contributed by atoms with E-state index in [2.05, 4.69) is 20.9 Å². The first-order chi connectivity index (χ1) is 8.61. The zero-order chi connectivity index (χ0) is 13.1. The van der Waals surface area contributed by atoms with E-state index in [1.807, 2.05) is 17.7 Å². The average molecular weight is 331 g/mol. The number of aromatic nitrogens is 2. The van der Waals surface area contributed by atoms with E-state index in [9.17, 15) is 4.39 Å². The molecule has 96 valence electrons. The number of benzene rings is 1. The van der Waals surface area contributed by atoms with Gasteiger partial charge in [-0.1, -0.05) is 17.8 Å². The van der Waals surface area contributed by atoms with E-state index in [1.54, 1.807) is 12.3 Å². The Bertz CT molecular complexity index is 559. The summed E-state index contributed by atoms with van der Waals surface area (Å²) in [6.07, 6.45) is 1.64. The van der Waals surface area contributed by atoms with E-state index < -0.39 is 0 Å². The summed E-state index contributed by atoms with van der Waals surface area (Å²) in [6, 6.07) is 5.08. The van der Waals surface area contributed by atoms with Crippen LogP contribution in [-0.4, -0.2) is 14.7 Å². The minimum absolute atomic E-state index is 0.0308. The van der Waals surface area contributed by atoms with Gasteiger partial charge in [-0.3, -0.25) is 0 Å². The summed E-state index contributed by atoms with van der Waals surface area (Å²) in [5.74, 6) is 0.379. The first kappa shape index (κ1) is 13.6. The van der Waals surface area contributed by atoms with Crippen molar-refractivity contribution in [1.82, 2.24) is 9.55 Å². The first-order valence-electron chi connectivity index (χ1n) is 5.30. The largest absolute Gasteiger partial charge is 0.390 e. The number of aliphatic hydroxyl groups is 1. The van der Waals surface area contributed by atoms with Crippen LogP contribution in [0.15, 0.2) is 34.0 Å². The van der Waals surface area contributed by atoms with Crippen molar-refractivity contribution >= 4 is 27.7 Å². The predicted octanol–water partition coefficient (Wildman–Crippen LogP) is 3.11. The lowest BCUT2D eigenvalue weighted by molar-refractivity contribution is 0.271. The first-order valence-corrected chi connectivity index (χ1v) is 7.08. The van der Waals surface area contributed by atoms with Crippen LogP contribution in [0.1, 0.15) is 11.3 Å². The van der Waals surface area contributed by atoms with Crippen LogP contribution >= 0.6 is 27.7 Å². The number of thioether (sulfide) groups is 1. The molecule has 3 nitrogen and oxygen atoms in total. The molecule has 0 aliphatic heterocycles. The fraction of sp³-hybridized carbons (Fsp3) is 0.250. The molecule has 0 amide bonds. The predicted molar refractivity (Wildman–Crippen MR) is 72.8 cm³/mol. The highest BCUT2D eigenvalue weighted by atomic mass is 79.9. The van der Waals surface area contributed by atoms with E-state index >= 15 is 0 Å². The molecule has 0 saturated heterocycles.